The molecule has 0 aliphatic heterocycles. The van der Waals surface area contributed by atoms with Crippen LogP contribution in [-0.4, -0.2) is 45.0 Å². The van der Waals surface area contributed by atoms with Crippen molar-refractivity contribution >= 4 is 25.7 Å². The summed E-state index contributed by atoms with van der Waals surface area (Å²) in [4.78, 5) is -0.000271. The van der Waals surface area contributed by atoms with Crippen LogP contribution >= 0.6 is 0 Å². The van der Waals surface area contributed by atoms with Crippen LogP contribution in [0.2, 0.25) is 0 Å². The first-order valence-electron chi connectivity index (χ1n) is 6.74. The Hall–Kier alpha value is -1.91. The summed E-state index contributed by atoms with van der Waals surface area (Å²) in [6.07, 6.45) is 2.98. The van der Waals surface area contributed by atoms with Crippen LogP contribution in [-0.2, 0) is 26.6 Å². The van der Waals surface area contributed by atoms with Crippen LogP contribution in [0, 0.1) is 0 Å². The van der Waals surface area contributed by atoms with E-state index < -0.39 is 20.0 Å². The first kappa shape index (κ1) is 17.4. The Balaban J connectivity index is 2.27. The van der Waals surface area contributed by atoms with Crippen LogP contribution < -0.4 is 4.72 Å². The van der Waals surface area contributed by atoms with Crippen molar-refractivity contribution in [2.45, 2.75) is 23.3 Å². The lowest BCUT2D eigenvalue weighted by Gasteiger charge is -2.12. The number of aryl methyl sites for hydroxylation is 1. The number of hydrogen-bond acceptors (Lipinski definition) is 5. The first-order valence-corrected chi connectivity index (χ1v) is 9.67. The minimum Gasteiger partial charge on any atom is -0.276 e. The number of rotatable bonds is 6. The van der Waals surface area contributed by atoms with Crippen LogP contribution in [0.3, 0.4) is 0 Å². The van der Waals surface area contributed by atoms with Gasteiger partial charge in [-0.05, 0) is 31.2 Å². The van der Waals surface area contributed by atoms with E-state index in [0.717, 1.165) is 4.31 Å². The predicted octanol–water partition coefficient (Wildman–Crippen LogP) is 0.954. The molecule has 10 heteroatoms. The number of aromatic nitrogens is 2. The molecule has 0 radical (unpaired) electrons. The van der Waals surface area contributed by atoms with Gasteiger partial charge in [0.25, 0.3) is 10.0 Å². The summed E-state index contributed by atoms with van der Waals surface area (Å²) in [6.45, 7) is 2.51. The molecule has 2 rings (SSSR count). The van der Waals surface area contributed by atoms with E-state index in [1.54, 1.807) is 10.9 Å². The van der Waals surface area contributed by atoms with E-state index >= 15 is 0 Å². The highest BCUT2D eigenvalue weighted by molar-refractivity contribution is 7.92. The molecule has 1 heterocycles. The van der Waals surface area contributed by atoms with Crippen LogP contribution in [0.5, 0.6) is 0 Å². The SMILES string of the molecule is CCn1cc(NS(=O)(=O)c2ccc(S(=O)(=O)N(C)C)cc2)cn1. The summed E-state index contributed by atoms with van der Waals surface area (Å²) in [7, 11) is -4.58. The molecule has 0 fully saturated rings. The molecule has 0 aliphatic rings. The molecule has 0 unspecified atom stereocenters. The maximum atomic E-state index is 12.3. The lowest BCUT2D eigenvalue weighted by atomic mass is 10.4. The minimum absolute atomic E-state index is 0.0280. The molecule has 0 saturated heterocycles. The molecule has 0 saturated carbocycles. The van der Waals surface area contributed by atoms with Gasteiger partial charge in [-0.25, -0.2) is 21.1 Å². The third-order valence-electron chi connectivity index (χ3n) is 3.12. The third kappa shape index (κ3) is 3.71. The van der Waals surface area contributed by atoms with Crippen molar-refractivity contribution in [2.24, 2.45) is 0 Å². The zero-order chi connectivity index (χ0) is 17.3. The molecular formula is C13H18N4O4S2. The second kappa shape index (κ2) is 6.30. The molecular weight excluding hydrogens is 340 g/mol. The largest absolute Gasteiger partial charge is 0.276 e. The van der Waals surface area contributed by atoms with Gasteiger partial charge in [0.05, 0.1) is 21.7 Å². The Morgan fingerprint density at radius 1 is 1.09 bits per heavy atom. The molecule has 1 N–H and O–H groups in total. The highest BCUT2D eigenvalue weighted by atomic mass is 32.2. The predicted molar refractivity (Wildman–Crippen MR) is 86.0 cm³/mol. The van der Waals surface area contributed by atoms with Gasteiger partial charge in [0, 0.05) is 26.8 Å². The first-order chi connectivity index (χ1) is 10.7. The van der Waals surface area contributed by atoms with Crippen LogP contribution in [0.15, 0.2) is 46.5 Å². The number of benzene rings is 1. The summed E-state index contributed by atoms with van der Waals surface area (Å²) in [5.41, 5.74) is 0.344. The average molecular weight is 358 g/mol. The van der Waals surface area contributed by atoms with Crippen LogP contribution in [0.4, 0.5) is 5.69 Å². The van der Waals surface area contributed by atoms with E-state index in [4.69, 9.17) is 0 Å². The zero-order valence-corrected chi connectivity index (χ0v) is 14.6. The minimum atomic E-state index is -3.80. The van der Waals surface area contributed by atoms with Crippen molar-refractivity contribution in [3.05, 3.63) is 36.7 Å². The number of nitrogens with zero attached hydrogens (tertiary/aromatic N) is 3. The van der Waals surface area contributed by atoms with Gasteiger partial charge in [0.1, 0.15) is 0 Å². The molecule has 0 bridgehead atoms. The van der Waals surface area contributed by atoms with E-state index in [1.807, 2.05) is 6.92 Å². The maximum absolute atomic E-state index is 12.3. The smallest absolute Gasteiger partial charge is 0.261 e. The van der Waals surface area contributed by atoms with Gasteiger partial charge in [-0.3, -0.25) is 9.40 Å². The lowest BCUT2D eigenvalue weighted by molar-refractivity contribution is 0.520. The summed E-state index contributed by atoms with van der Waals surface area (Å²) in [5, 5.41) is 3.98. The van der Waals surface area contributed by atoms with Gasteiger partial charge in [-0.2, -0.15) is 5.10 Å². The Bertz CT molecular complexity index is 884. The van der Waals surface area contributed by atoms with Crippen molar-refractivity contribution < 1.29 is 16.8 Å². The second-order valence-electron chi connectivity index (χ2n) is 4.95. The Labute approximate surface area is 135 Å². The molecule has 23 heavy (non-hydrogen) atoms. The molecule has 1 aromatic heterocycles. The van der Waals surface area contributed by atoms with E-state index in [1.165, 1.54) is 44.6 Å². The van der Waals surface area contributed by atoms with Gasteiger partial charge in [0.15, 0.2) is 0 Å². The highest BCUT2D eigenvalue weighted by Gasteiger charge is 2.20. The van der Waals surface area contributed by atoms with E-state index in [9.17, 15) is 16.8 Å². The molecule has 0 spiro atoms. The maximum Gasteiger partial charge on any atom is 0.261 e. The summed E-state index contributed by atoms with van der Waals surface area (Å²) >= 11 is 0. The fraction of sp³-hybridized carbons (Fsp3) is 0.308. The number of anilines is 1. The molecule has 0 atom stereocenters. The molecule has 126 valence electrons. The summed E-state index contributed by atoms with van der Waals surface area (Å²) < 4.78 is 53.6. The standard InChI is InChI=1S/C13H18N4O4S2/c1-4-17-10-11(9-14-17)15-22(18,19)12-5-7-13(8-6-12)23(20,21)16(2)3/h5-10,15H,4H2,1-3H3. The lowest BCUT2D eigenvalue weighted by Crippen LogP contribution is -2.22. The molecule has 2 aromatic rings. The van der Waals surface area contributed by atoms with E-state index in [2.05, 4.69) is 9.82 Å². The number of nitrogens with one attached hydrogen (secondary N) is 1. The molecule has 8 nitrogen and oxygen atoms in total. The Morgan fingerprint density at radius 2 is 1.65 bits per heavy atom. The van der Waals surface area contributed by atoms with Crippen molar-refractivity contribution in [2.75, 3.05) is 18.8 Å². The fourth-order valence-corrected chi connectivity index (χ4v) is 3.73. The molecule has 0 amide bonds. The average Bonchev–Trinajstić information content (AvgIpc) is 2.94. The number of sulfonamides is 2. The normalized spacial score (nSPS) is 12.5. The van der Waals surface area contributed by atoms with Gasteiger partial charge >= 0.3 is 0 Å². The molecule has 0 aliphatic carbocycles. The van der Waals surface area contributed by atoms with Gasteiger partial charge in [-0.15, -0.1) is 0 Å². The molecule has 1 aromatic carbocycles. The van der Waals surface area contributed by atoms with Gasteiger partial charge < -0.3 is 0 Å². The van der Waals surface area contributed by atoms with Crippen LogP contribution in [0.25, 0.3) is 0 Å². The number of hydrogen-bond donors (Lipinski definition) is 1. The third-order valence-corrected chi connectivity index (χ3v) is 6.35. The monoisotopic (exact) mass is 358 g/mol. The van der Waals surface area contributed by atoms with Crippen LogP contribution in [0.1, 0.15) is 6.92 Å². The van der Waals surface area contributed by atoms with Crippen molar-refractivity contribution in [3.63, 3.8) is 0 Å². The van der Waals surface area contributed by atoms with Gasteiger partial charge in [0.2, 0.25) is 10.0 Å². The van der Waals surface area contributed by atoms with Gasteiger partial charge in [-0.1, -0.05) is 0 Å². The second-order valence-corrected chi connectivity index (χ2v) is 8.78. The summed E-state index contributed by atoms with van der Waals surface area (Å²) in [5.74, 6) is 0. The van der Waals surface area contributed by atoms with Crippen molar-refractivity contribution in [1.29, 1.82) is 0 Å². The topological polar surface area (TPSA) is 101 Å². The van der Waals surface area contributed by atoms with E-state index in [-0.39, 0.29) is 9.79 Å². The quantitative estimate of drug-likeness (QED) is 0.828. The Kier molecular flexibility index (Phi) is 4.78. The van der Waals surface area contributed by atoms with E-state index in [0.29, 0.717) is 12.2 Å². The van der Waals surface area contributed by atoms with Crippen molar-refractivity contribution in [1.82, 2.24) is 14.1 Å². The Morgan fingerprint density at radius 3 is 2.13 bits per heavy atom. The highest BCUT2D eigenvalue weighted by Crippen LogP contribution is 2.19. The fourth-order valence-electron chi connectivity index (χ4n) is 1.80. The van der Waals surface area contributed by atoms with Crippen molar-refractivity contribution in [3.8, 4) is 0 Å². The summed E-state index contributed by atoms with van der Waals surface area (Å²) in [6, 6.07) is 5.03. The zero-order valence-electron chi connectivity index (χ0n) is 13.0.